The Labute approximate surface area is 360 Å². The van der Waals surface area contributed by atoms with Gasteiger partial charge in [-0.15, -0.1) is 0 Å². The number of hydrogen-bond acceptors (Lipinski definition) is 5. The van der Waals surface area contributed by atoms with Crippen LogP contribution in [-0.4, -0.2) is 47.4 Å². The molecule has 0 saturated heterocycles. The summed E-state index contributed by atoms with van der Waals surface area (Å²) in [5.41, 5.74) is 0. The van der Waals surface area contributed by atoms with Gasteiger partial charge in [0.1, 0.15) is 0 Å². The van der Waals surface area contributed by atoms with E-state index in [1.807, 2.05) is 6.08 Å². The van der Waals surface area contributed by atoms with Crippen LogP contribution >= 0.6 is 0 Å². The number of aliphatic hydroxyl groups is 2. The van der Waals surface area contributed by atoms with Gasteiger partial charge in [0.2, 0.25) is 5.91 Å². The van der Waals surface area contributed by atoms with Crippen molar-refractivity contribution >= 4 is 11.9 Å². The average Bonchev–Trinajstić information content (AvgIpc) is 3.22. The number of carbonyl (C=O) groups is 2. The highest BCUT2D eigenvalue weighted by molar-refractivity contribution is 5.76. The molecule has 6 nitrogen and oxygen atoms in total. The number of amides is 1. The minimum Gasteiger partial charge on any atom is -0.466 e. The molecule has 6 heteroatoms. The normalized spacial score (nSPS) is 13.0. The molecule has 0 aliphatic heterocycles. The predicted octanol–water partition coefficient (Wildman–Crippen LogP) is 14.9. The quantitative estimate of drug-likeness (QED) is 0.0323. The maximum absolute atomic E-state index is 12.4. The molecule has 0 bridgehead atoms. The van der Waals surface area contributed by atoms with Crippen LogP contribution in [0.25, 0.3) is 0 Å². The van der Waals surface area contributed by atoms with E-state index in [0.717, 1.165) is 83.5 Å². The van der Waals surface area contributed by atoms with E-state index in [-0.39, 0.29) is 18.5 Å². The number of ether oxygens (including phenoxy) is 1. The first-order valence-corrected chi connectivity index (χ1v) is 25.3. The van der Waals surface area contributed by atoms with Gasteiger partial charge in [-0.2, -0.15) is 0 Å². The Hall–Kier alpha value is -1.92. The second-order valence-corrected chi connectivity index (χ2v) is 17.1. The number of allylic oxidation sites excluding steroid dienone is 5. The van der Waals surface area contributed by atoms with Gasteiger partial charge in [0.25, 0.3) is 0 Å². The summed E-state index contributed by atoms with van der Waals surface area (Å²) in [4.78, 5) is 24.4. The number of nitrogens with one attached hydrogen (secondary N) is 1. The van der Waals surface area contributed by atoms with Crippen molar-refractivity contribution in [3.8, 4) is 0 Å². The Morgan fingerprint density at radius 3 is 1.24 bits per heavy atom. The lowest BCUT2D eigenvalue weighted by Crippen LogP contribution is -2.45. The third-order valence-corrected chi connectivity index (χ3v) is 11.4. The standard InChI is InChI=1S/C52H97NO5/c1-3-5-7-9-11-13-15-17-18-19-21-24-28-32-36-40-44-50(55)49(48-54)53-51(56)45-41-37-33-29-25-22-23-27-31-35-39-43-47-58-52(57)46-42-38-34-30-26-20-16-14-12-10-8-6-4-2/h14,16,23,27,40,44,49-50,54-55H,3-13,15,17-22,24-26,28-39,41-43,45-48H2,1-2H3,(H,53,56)/b16-14-,27-23-,44-40+. The van der Waals surface area contributed by atoms with Crippen LogP contribution in [0.3, 0.4) is 0 Å². The molecule has 2 unspecified atom stereocenters. The minimum atomic E-state index is -0.861. The van der Waals surface area contributed by atoms with E-state index < -0.39 is 12.1 Å². The van der Waals surface area contributed by atoms with Gasteiger partial charge in [-0.3, -0.25) is 9.59 Å². The average molecular weight is 816 g/mol. The van der Waals surface area contributed by atoms with Crippen molar-refractivity contribution in [1.29, 1.82) is 0 Å². The molecule has 0 aromatic rings. The third-order valence-electron chi connectivity index (χ3n) is 11.4. The van der Waals surface area contributed by atoms with Crippen molar-refractivity contribution in [2.24, 2.45) is 0 Å². The fraction of sp³-hybridized carbons (Fsp3) is 0.846. The number of esters is 1. The summed E-state index contributed by atoms with van der Waals surface area (Å²) in [6.07, 6.45) is 57.1. The minimum absolute atomic E-state index is 0.0342. The summed E-state index contributed by atoms with van der Waals surface area (Å²) in [6, 6.07) is -0.647. The van der Waals surface area contributed by atoms with Crippen molar-refractivity contribution in [1.82, 2.24) is 5.32 Å². The van der Waals surface area contributed by atoms with E-state index in [4.69, 9.17) is 4.74 Å². The van der Waals surface area contributed by atoms with E-state index in [0.29, 0.717) is 19.4 Å². The molecule has 2 atom stereocenters. The van der Waals surface area contributed by atoms with Crippen LogP contribution in [0.1, 0.15) is 258 Å². The Morgan fingerprint density at radius 2 is 0.810 bits per heavy atom. The van der Waals surface area contributed by atoms with E-state index in [1.54, 1.807) is 6.08 Å². The molecular formula is C52H97NO5. The Balaban J connectivity index is 3.56. The number of carbonyl (C=O) groups excluding carboxylic acids is 2. The zero-order valence-corrected chi connectivity index (χ0v) is 38.5. The van der Waals surface area contributed by atoms with Crippen molar-refractivity contribution in [2.45, 2.75) is 270 Å². The highest BCUT2D eigenvalue weighted by Crippen LogP contribution is 2.15. The fourth-order valence-corrected chi connectivity index (χ4v) is 7.44. The van der Waals surface area contributed by atoms with Crippen molar-refractivity contribution in [2.75, 3.05) is 13.2 Å². The van der Waals surface area contributed by atoms with Gasteiger partial charge in [-0.1, -0.05) is 192 Å². The highest BCUT2D eigenvalue weighted by atomic mass is 16.5. The molecule has 0 aromatic heterocycles. The van der Waals surface area contributed by atoms with Crippen LogP contribution < -0.4 is 5.32 Å². The first kappa shape index (κ1) is 56.1. The molecule has 58 heavy (non-hydrogen) atoms. The van der Waals surface area contributed by atoms with E-state index in [9.17, 15) is 19.8 Å². The van der Waals surface area contributed by atoms with E-state index >= 15 is 0 Å². The lowest BCUT2D eigenvalue weighted by atomic mass is 10.0. The van der Waals surface area contributed by atoms with Gasteiger partial charge in [0, 0.05) is 12.8 Å². The zero-order chi connectivity index (χ0) is 42.3. The summed E-state index contributed by atoms with van der Waals surface area (Å²) >= 11 is 0. The van der Waals surface area contributed by atoms with E-state index in [2.05, 4.69) is 43.5 Å². The molecular weight excluding hydrogens is 719 g/mol. The van der Waals surface area contributed by atoms with Gasteiger partial charge in [0.15, 0.2) is 0 Å². The smallest absolute Gasteiger partial charge is 0.305 e. The van der Waals surface area contributed by atoms with Gasteiger partial charge >= 0.3 is 5.97 Å². The number of unbranched alkanes of at least 4 members (excludes halogenated alkanes) is 31. The topological polar surface area (TPSA) is 95.9 Å². The van der Waals surface area contributed by atoms with Crippen LogP contribution in [0.15, 0.2) is 36.5 Å². The Morgan fingerprint density at radius 1 is 0.466 bits per heavy atom. The van der Waals surface area contributed by atoms with Gasteiger partial charge in [-0.25, -0.2) is 0 Å². The summed E-state index contributed by atoms with van der Waals surface area (Å²) in [7, 11) is 0. The molecule has 0 heterocycles. The second-order valence-electron chi connectivity index (χ2n) is 17.1. The van der Waals surface area contributed by atoms with Gasteiger partial charge in [-0.05, 0) is 89.9 Å². The van der Waals surface area contributed by atoms with Crippen molar-refractivity contribution in [3.63, 3.8) is 0 Å². The predicted molar refractivity (Wildman–Crippen MR) is 250 cm³/mol. The molecule has 3 N–H and O–H groups in total. The molecule has 340 valence electrons. The molecule has 0 fully saturated rings. The SMILES string of the molecule is CCCCCC/C=C\CCCCCCCC(=O)OCCCCC/C=C\CCCCCCCC(=O)NC(CO)C(O)/C=C/CCCCCCCCCCCCCCCC. The number of rotatable bonds is 46. The molecule has 0 rings (SSSR count). The fourth-order valence-electron chi connectivity index (χ4n) is 7.44. The first-order chi connectivity index (χ1) is 28.5. The van der Waals surface area contributed by atoms with Gasteiger partial charge in [0.05, 0.1) is 25.4 Å². The summed E-state index contributed by atoms with van der Waals surface area (Å²) in [5.74, 6) is -0.129. The van der Waals surface area contributed by atoms with Gasteiger partial charge < -0.3 is 20.3 Å². The third kappa shape index (κ3) is 43.7. The summed E-state index contributed by atoms with van der Waals surface area (Å²) < 4.78 is 5.43. The van der Waals surface area contributed by atoms with Crippen LogP contribution in [0.2, 0.25) is 0 Å². The first-order valence-electron chi connectivity index (χ1n) is 25.3. The Kier molecular flexibility index (Phi) is 46.2. The number of hydrogen-bond donors (Lipinski definition) is 3. The maximum atomic E-state index is 12.4. The monoisotopic (exact) mass is 816 g/mol. The maximum Gasteiger partial charge on any atom is 0.305 e. The molecule has 0 aromatic carbocycles. The van der Waals surface area contributed by atoms with Crippen LogP contribution in [0.5, 0.6) is 0 Å². The lowest BCUT2D eigenvalue weighted by molar-refractivity contribution is -0.143. The van der Waals surface area contributed by atoms with Crippen LogP contribution in [0, 0.1) is 0 Å². The molecule has 0 saturated carbocycles. The lowest BCUT2D eigenvalue weighted by Gasteiger charge is -2.20. The molecule has 0 aliphatic rings. The van der Waals surface area contributed by atoms with Crippen LogP contribution in [-0.2, 0) is 14.3 Å². The molecule has 1 amide bonds. The largest absolute Gasteiger partial charge is 0.466 e. The molecule has 0 spiro atoms. The summed E-state index contributed by atoms with van der Waals surface area (Å²) in [6.45, 7) is 4.82. The molecule has 0 radical (unpaired) electrons. The molecule has 0 aliphatic carbocycles. The number of aliphatic hydroxyl groups excluding tert-OH is 2. The Bertz CT molecular complexity index is 946. The second kappa shape index (κ2) is 47.8. The van der Waals surface area contributed by atoms with Crippen molar-refractivity contribution in [3.05, 3.63) is 36.5 Å². The van der Waals surface area contributed by atoms with Crippen LogP contribution in [0.4, 0.5) is 0 Å². The summed E-state index contributed by atoms with van der Waals surface area (Å²) in [5, 5.41) is 23.0. The highest BCUT2D eigenvalue weighted by Gasteiger charge is 2.18. The van der Waals surface area contributed by atoms with Crippen molar-refractivity contribution < 1.29 is 24.5 Å². The van der Waals surface area contributed by atoms with E-state index in [1.165, 1.54) is 148 Å². The zero-order valence-electron chi connectivity index (χ0n) is 38.5.